The third-order valence-corrected chi connectivity index (χ3v) is 7.78. The second-order valence-corrected chi connectivity index (χ2v) is 10.5. The molecule has 0 atom stereocenters. The highest BCUT2D eigenvalue weighted by molar-refractivity contribution is 7.92. The van der Waals surface area contributed by atoms with Gasteiger partial charge in [0.2, 0.25) is 0 Å². The number of hydrazone groups is 1. The summed E-state index contributed by atoms with van der Waals surface area (Å²) in [6.45, 7) is 3.25. The minimum Gasteiger partial charge on any atom is -0.318 e. The minimum atomic E-state index is -4.09. The van der Waals surface area contributed by atoms with Crippen LogP contribution in [0.15, 0.2) is 94.9 Å². The molecule has 0 fully saturated rings. The number of carbonyl (C=O) groups excluding carboxylic acids is 1. The van der Waals surface area contributed by atoms with Crippen LogP contribution in [0.3, 0.4) is 0 Å². The molecule has 190 valence electrons. The van der Waals surface area contributed by atoms with Crippen molar-refractivity contribution in [3.8, 4) is 5.69 Å². The van der Waals surface area contributed by atoms with Gasteiger partial charge in [0.05, 0.1) is 21.8 Å². The first-order chi connectivity index (χ1) is 17.7. The van der Waals surface area contributed by atoms with Crippen molar-refractivity contribution in [3.63, 3.8) is 0 Å². The number of amides is 1. The lowest BCUT2D eigenvalue weighted by molar-refractivity contribution is -0.119. The van der Waals surface area contributed by atoms with Crippen LogP contribution in [0.5, 0.6) is 0 Å². The molecule has 0 saturated heterocycles. The molecule has 4 rings (SSSR count). The van der Waals surface area contributed by atoms with Crippen LogP contribution in [0.2, 0.25) is 5.02 Å². The number of anilines is 1. The summed E-state index contributed by atoms with van der Waals surface area (Å²) in [7, 11) is -4.09. The Labute approximate surface area is 219 Å². The summed E-state index contributed by atoms with van der Waals surface area (Å²) >= 11 is 6.28. The van der Waals surface area contributed by atoms with Crippen molar-refractivity contribution in [1.82, 2.24) is 9.99 Å². The van der Waals surface area contributed by atoms with Gasteiger partial charge in [-0.3, -0.25) is 9.10 Å². The summed E-state index contributed by atoms with van der Waals surface area (Å²) in [6.07, 6.45) is 1.48. The molecule has 0 bridgehead atoms. The molecule has 0 saturated carbocycles. The van der Waals surface area contributed by atoms with Crippen LogP contribution in [0.4, 0.5) is 10.1 Å². The number of nitrogens with zero attached hydrogens (tertiary/aromatic N) is 3. The molecule has 0 aliphatic carbocycles. The Morgan fingerprint density at radius 1 is 1.03 bits per heavy atom. The van der Waals surface area contributed by atoms with E-state index in [0.717, 1.165) is 26.9 Å². The normalized spacial score (nSPS) is 11.6. The Hall–Kier alpha value is -3.95. The lowest BCUT2D eigenvalue weighted by atomic mass is 10.2. The number of carbonyl (C=O) groups is 1. The standard InChI is InChI=1S/C27H24ClFN4O3S/c1-19-16-21(20(2)33(19)23-14-12-22(29)13-15-23)17-30-31-27(34)18-32(26-11-7-6-10-25(26)28)37(35,36)24-8-4-3-5-9-24/h3-17H,18H2,1-2H3,(H,31,34)/b30-17-. The van der Waals surface area contributed by atoms with E-state index in [9.17, 15) is 17.6 Å². The van der Waals surface area contributed by atoms with Crippen LogP contribution < -0.4 is 9.73 Å². The van der Waals surface area contributed by atoms with E-state index < -0.39 is 22.5 Å². The average molecular weight is 539 g/mol. The first kappa shape index (κ1) is 26.1. The van der Waals surface area contributed by atoms with E-state index in [-0.39, 0.29) is 21.4 Å². The largest absolute Gasteiger partial charge is 0.318 e. The molecule has 37 heavy (non-hydrogen) atoms. The predicted octanol–water partition coefficient (Wildman–Crippen LogP) is 5.23. The van der Waals surface area contributed by atoms with Crippen molar-refractivity contribution < 1.29 is 17.6 Å². The topological polar surface area (TPSA) is 83.8 Å². The van der Waals surface area contributed by atoms with E-state index in [4.69, 9.17) is 11.6 Å². The van der Waals surface area contributed by atoms with Crippen molar-refractivity contribution >= 4 is 39.4 Å². The molecular formula is C27H24ClFN4O3S. The number of rotatable bonds is 8. The summed E-state index contributed by atoms with van der Waals surface area (Å²) in [5.41, 5.74) is 5.85. The van der Waals surface area contributed by atoms with Crippen molar-refractivity contribution in [2.45, 2.75) is 18.7 Å². The van der Waals surface area contributed by atoms with Gasteiger partial charge in [0.25, 0.3) is 15.9 Å². The Morgan fingerprint density at radius 3 is 2.35 bits per heavy atom. The number of hydrogen-bond donors (Lipinski definition) is 1. The van der Waals surface area contributed by atoms with Gasteiger partial charge in [0, 0.05) is 22.6 Å². The van der Waals surface area contributed by atoms with E-state index in [0.29, 0.717) is 0 Å². The van der Waals surface area contributed by atoms with Gasteiger partial charge in [-0.2, -0.15) is 5.10 Å². The number of hydrogen-bond acceptors (Lipinski definition) is 4. The molecule has 1 N–H and O–H groups in total. The fourth-order valence-electron chi connectivity index (χ4n) is 3.92. The lowest BCUT2D eigenvalue weighted by Crippen LogP contribution is -2.39. The molecule has 7 nitrogen and oxygen atoms in total. The molecule has 0 spiro atoms. The van der Waals surface area contributed by atoms with Gasteiger partial charge >= 0.3 is 0 Å². The van der Waals surface area contributed by atoms with Gasteiger partial charge < -0.3 is 4.57 Å². The molecule has 3 aromatic carbocycles. The van der Waals surface area contributed by atoms with Crippen LogP contribution in [0.25, 0.3) is 5.69 Å². The zero-order chi connectivity index (χ0) is 26.6. The Kier molecular flexibility index (Phi) is 7.75. The van der Waals surface area contributed by atoms with Crippen LogP contribution in [-0.4, -0.2) is 31.7 Å². The molecule has 0 aliphatic rings. The Bertz CT molecular complexity index is 1550. The molecular weight excluding hydrogens is 515 g/mol. The summed E-state index contributed by atoms with van der Waals surface area (Å²) < 4.78 is 43.0. The molecule has 1 amide bonds. The molecule has 0 unspecified atom stereocenters. The molecule has 0 radical (unpaired) electrons. The van der Waals surface area contributed by atoms with Crippen LogP contribution in [-0.2, 0) is 14.8 Å². The lowest BCUT2D eigenvalue weighted by Gasteiger charge is -2.24. The molecule has 1 heterocycles. The van der Waals surface area contributed by atoms with E-state index >= 15 is 0 Å². The maximum Gasteiger partial charge on any atom is 0.264 e. The van der Waals surface area contributed by atoms with Gasteiger partial charge in [-0.25, -0.2) is 18.2 Å². The number of benzene rings is 3. The smallest absolute Gasteiger partial charge is 0.264 e. The highest BCUT2D eigenvalue weighted by atomic mass is 35.5. The first-order valence-corrected chi connectivity index (χ1v) is 13.1. The van der Waals surface area contributed by atoms with Crippen LogP contribution in [0, 0.1) is 19.7 Å². The SMILES string of the molecule is Cc1cc(/C=N\NC(=O)CN(c2ccccc2Cl)S(=O)(=O)c2ccccc2)c(C)n1-c1ccc(F)cc1. The second kappa shape index (κ2) is 11.0. The average Bonchev–Trinajstić information content (AvgIpc) is 3.17. The van der Waals surface area contributed by atoms with Crippen LogP contribution in [0.1, 0.15) is 17.0 Å². The highest BCUT2D eigenvalue weighted by Gasteiger charge is 2.28. The highest BCUT2D eigenvalue weighted by Crippen LogP contribution is 2.30. The number of aromatic nitrogens is 1. The number of nitrogens with one attached hydrogen (secondary N) is 1. The zero-order valence-corrected chi connectivity index (χ0v) is 21.7. The zero-order valence-electron chi connectivity index (χ0n) is 20.1. The molecule has 4 aromatic rings. The van der Waals surface area contributed by atoms with E-state index in [1.165, 1.54) is 36.5 Å². The number of sulfonamides is 1. The van der Waals surface area contributed by atoms with Gasteiger partial charge in [0.15, 0.2) is 0 Å². The quantitative estimate of drug-likeness (QED) is 0.246. The van der Waals surface area contributed by atoms with Crippen molar-refractivity contribution in [2.24, 2.45) is 5.10 Å². The summed E-state index contributed by atoms with van der Waals surface area (Å²) in [6, 6.07) is 22.2. The number of halogens is 2. The fraction of sp³-hybridized carbons (Fsp3) is 0.111. The minimum absolute atomic E-state index is 0.0273. The second-order valence-electron chi connectivity index (χ2n) is 8.21. The van der Waals surface area contributed by atoms with Gasteiger partial charge in [0.1, 0.15) is 12.4 Å². The Morgan fingerprint density at radius 2 is 1.68 bits per heavy atom. The van der Waals surface area contributed by atoms with Crippen molar-refractivity contribution in [2.75, 3.05) is 10.8 Å². The maximum atomic E-state index is 13.4. The summed E-state index contributed by atoms with van der Waals surface area (Å²) in [5, 5.41) is 4.22. The molecule has 0 aliphatic heterocycles. The van der Waals surface area contributed by atoms with Crippen molar-refractivity contribution in [1.29, 1.82) is 0 Å². The monoisotopic (exact) mass is 538 g/mol. The van der Waals surface area contributed by atoms with Gasteiger partial charge in [-0.1, -0.05) is 41.9 Å². The van der Waals surface area contributed by atoms with E-state index in [1.807, 2.05) is 24.5 Å². The summed E-state index contributed by atoms with van der Waals surface area (Å²) in [5.74, 6) is -0.973. The predicted molar refractivity (Wildman–Crippen MR) is 143 cm³/mol. The van der Waals surface area contributed by atoms with E-state index in [2.05, 4.69) is 10.5 Å². The first-order valence-electron chi connectivity index (χ1n) is 11.3. The fourth-order valence-corrected chi connectivity index (χ4v) is 5.67. The third-order valence-electron chi connectivity index (χ3n) is 5.69. The van der Waals surface area contributed by atoms with E-state index in [1.54, 1.807) is 48.5 Å². The third kappa shape index (κ3) is 5.73. The number of aryl methyl sites for hydroxylation is 1. The summed E-state index contributed by atoms with van der Waals surface area (Å²) in [4.78, 5) is 12.8. The Balaban J connectivity index is 1.55. The number of para-hydroxylation sites is 1. The van der Waals surface area contributed by atoms with Crippen LogP contribution >= 0.6 is 11.6 Å². The van der Waals surface area contributed by atoms with Gasteiger partial charge in [-0.15, -0.1) is 0 Å². The maximum absolute atomic E-state index is 13.4. The van der Waals surface area contributed by atoms with Crippen molar-refractivity contribution in [3.05, 3.63) is 113 Å². The molecule has 10 heteroatoms. The van der Waals surface area contributed by atoms with Gasteiger partial charge in [-0.05, 0) is 68.4 Å². The molecule has 1 aromatic heterocycles.